The van der Waals surface area contributed by atoms with E-state index in [-0.39, 0.29) is 34.3 Å². The van der Waals surface area contributed by atoms with E-state index in [4.69, 9.17) is 4.74 Å². The molecule has 0 saturated heterocycles. The van der Waals surface area contributed by atoms with Crippen LogP contribution < -0.4 is 15.4 Å². The molecule has 0 heterocycles. The van der Waals surface area contributed by atoms with Gasteiger partial charge in [-0.05, 0) is 53.9 Å². The molecule has 0 radical (unpaired) electrons. The number of hydrogen-bond donors (Lipinski definition) is 3. The van der Waals surface area contributed by atoms with Crippen molar-refractivity contribution in [3.63, 3.8) is 0 Å². The normalized spacial score (nSPS) is 10.9. The summed E-state index contributed by atoms with van der Waals surface area (Å²) >= 11 is 0. The maximum atomic E-state index is 13.3. The van der Waals surface area contributed by atoms with Gasteiger partial charge in [-0.1, -0.05) is 42.5 Å². The van der Waals surface area contributed by atoms with Crippen LogP contribution in [-0.4, -0.2) is 29.0 Å². The molecular formula is C31H23N5O6. The molecule has 0 fully saturated rings. The third-order valence-corrected chi connectivity index (χ3v) is 6.29. The number of carbonyl (C=O) groups is 2. The van der Waals surface area contributed by atoms with E-state index in [0.717, 1.165) is 0 Å². The Morgan fingerprint density at radius 3 is 2.07 bits per heavy atom. The van der Waals surface area contributed by atoms with Crippen LogP contribution in [0.2, 0.25) is 0 Å². The second-order valence-corrected chi connectivity index (χ2v) is 9.01. The second kappa shape index (κ2) is 12.0. The first kappa shape index (κ1) is 27.5. The minimum absolute atomic E-state index is 0.0406. The zero-order valence-corrected chi connectivity index (χ0v) is 22.1. The predicted molar refractivity (Wildman–Crippen MR) is 158 cm³/mol. The van der Waals surface area contributed by atoms with Crippen LogP contribution in [0.5, 0.6) is 11.5 Å². The highest BCUT2D eigenvalue weighted by Crippen LogP contribution is 2.41. The summed E-state index contributed by atoms with van der Waals surface area (Å²) in [5.41, 5.74) is 1.26. The molecule has 0 bridgehead atoms. The predicted octanol–water partition coefficient (Wildman–Crippen LogP) is 7.38. The maximum absolute atomic E-state index is 13.3. The van der Waals surface area contributed by atoms with Crippen molar-refractivity contribution >= 4 is 51.0 Å². The molecule has 3 N–H and O–H groups in total. The molecule has 0 aromatic heterocycles. The van der Waals surface area contributed by atoms with Crippen LogP contribution in [0, 0.1) is 10.1 Å². The fourth-order valence-corrected chi connectivity index (χ4v) is 4.20. The number of aromatic hydroxyl groups is 1. The van der Waals surface area contributed by atoms with Gasteiger partial charge in [0.25, 0.3) is 17.5 Å². The molecule has 0 aliphatic carbocycles. The summed E-state index contributed by atoms with van der Waals surface area (Å²) in [7, 11) is 1.33. The zero-order valence-electron chi connectivity index (χ0n) is 22.1. The number of fused-ring (bicyclic) bond motifs is 1. The van der Waals surface area contributed by atoms with Crippen LogP contribution >= 0.6 is 0 Å². The Morgan fingerprint density at radius 1 is 0.810 bits per heavy atom. The fourth-order valence-electron chi connectivity index (χ4n) is 4.20. The molecule has 208 valence electrons. The van der Waals surface area contributed by atoms with Crippen LogP contribution in [0.25, 0.3) is 10.8 Å². The molecule has 0 unspecified atom stereocenters. The van der Waals surface area contributed by atoms with Gasteiger partial charge in [-0.25, -0.2) is 0 Å². The minimum atomic E-state index is -0.607. The first-order chi connectivity index (χ1) is 20.3. The van der Waals surface area contributed by atoms with Crippen LogP contribution in [0.4, 0.5) is 28.4 Å². The van der Waals surface area contributed by atoms with E-state index in [1.165, 1.54) is 31.4 Å². The minimum Gasteiger partial charge on any atom is -0.505 e. The van der Waals surface area contributed by atoms with Crippen molar-refractivity contribution in [2.75, 3.05) is 17.7 Å². The first-order valence-corrected chi connectivity index (χ1v) is 12.6. The molecule has 5 aromatic carbocycles. The standard InChI is InChI=1S/C31H23N5O6/c1-42-27-18-23(36(40)41)13-15-26(27)34-35-28-24-14-12-19(30(38)32-21-8-4-2-5-9-21)16-20(24)17-25(29(28)37)31(39)33-22-10-6-3-7-11-22/h2-18,37H,1H3,(H,32,38)(H,33,39). The molecule has 2 amide bonds. The lowest BCUT2D eigenvalue weighted by molar-refractivity contribution is -0.384. The highest BCUT2D eigenvalue weighted by molar-refractivity contribution is 6.13. The van der Waals surface area contributed by atoms with E-state index in [9.17, 15) is 24.8 Å². The summed E-state index contributed by atoms with van der Waals surface area (Å²) < 4.78 is 5.23. The average Bonchev–Trinajstić information content (AvgIpc) is 3.01. The van der Waals surface area contributed by atoms with Gasteiger partial charge >= 0.3 is 0 Å². The Labute approximate surface area is 239 Å². The van der Waals surface area contributed by atoms with Gasteiger partial charge in [0.15, 0.2) is 11.5 Å². The molecule has 11 nitrogen and oxygen atoms in total. The van der Waals surface area contributed by atoms with E-state index in [1.807, 2.05) is 6.07 Å². The van der Waals surface area contributed by atoms with Crippen molar-refractivity contribution in [2.24, 2.45) is 10.2 Å². The number of nitrogens with one attached hydrogen (secondary N) is 2. The Hall–Kier alpha value is -6.10. The Bertz CT molecular complexity index is 1840. The molecule has 42 heavy (non-hydrogen) atoms. The number of nitro benzene ring substituents is 1. The summed E-state index contributed by atoms with van der Waals surface area (Å²) in [6, 6.07) is 27.7. The quantitative estimate of drug-likeness (QED) is 0.102. The number of hydrogen-bond acceptors (Lipinski definition) is 8. The van der Waals surface area contributed by atoms with Gasteiger partial charge in [0, 0.05) is 28.4 Å². The number of anilines is 2. The number of amides is 2. The summed E-state index contributed by atoms with van der Waals surface area (Å²) in [6.45, 7) is 0. The summed E-state index contributed by atoms with van der Waals surface area (Å²) in [5.74, 6) is -1.33. The van der Waals surface area contributed by atoms with E-state index >= 15 is 0 Å². The number of methoxy groups -OCH3 is 1. The lowest BCUT2D eigenvalue weighted by Crippen LogP contribution is -2.13. The fraction of sp³-hybridized carbons (Fsp3) is 0.0323. The molecule has 0 spiro atoms. The topological polar surface area (TPSA) is 156 Å². The molecule has 0 atom stereocenters. The number of para-hydroxylation sites is 2. The molecule has 5 aromatic rings. The molecule has 11 heteroatoms. The molecule has 5 rings (SSSR count). The number of rotatable bonds is 8. The Morgan fingerprint density at radius 2 is 1.45 bits per heavy atom. The highest BCUT2D eigenvalue weighted by atomic mass is 16.6. The van der Waals surface area contributed by atoms with Gasteiger partial charge in [-0.2, -0.15) is 0 Å². The summed E-state index contributed by atoms with van der Waals surface area (Å²) in [5, 5.41) is 37.2. The SMILES string of the molecule is COc1cc([N+](=O)[O-])ccc1N=Nc1c(O)c(C(=O)Nc2ccccc2)cc2cc(C(=O)Nc3ccccc3)ccc12. The van der Waals surface area contributed by atoms with Crippen LogP contribution in [0.15, 0.2) is 113 Å². The molecule has 0 saturated carbocycles. The van der Waals surface area contributed by atoms with Gasteiger partial charge < -0.3 is 20.5 Å². The number of ether oxygens (including phenoxy) is 1. The number of non-ortho nitro benzene ring substituents is 1. The van der Waals surface area contributed by atoms with Crippen LogP contribution in [0.3, 0.4) is 0 Å². The number of azo groups is 1. The number of nitro groups is 1. The molecule has 0 aliphatic rings. The van der Waals surface area contributed by atoms with E-state index in [1.54, 1.807) is 72.8 Å². The third-order valence-electron chi connectivity index (χ3n) is 6.29. The number of carbonyl (C=O) groups excluding carboxylic acids is 2. The largest absolute Gasteiger partial charge is 0.505 e. The summed E-state index contributed by atoms with van der Waals surface area (Å²) in [4.78, 5) is 36.8. The average molecular weight is 562 g/mol. The lowest BCUT2D eigenvalue weighted by atomic mass is 10.0. The second-order valence-electron chi connectivity index (χ2n) is 9.01. The Kier molecular flexibility index (Phi) is 7.82. The number of nitrogens with zero attached hydrogens (tertiary/aromatic N) is 3. The van der Waals surface area contributed by atoms with Crippen molar-refractivity contribution < 1.29 is 24.4 Å². The highest BCUT2D eigenvalue weighted by Gasteiger charge is 2.20. The van der Waals surface area contributed by atoms with Crippen molar-refractivity contribution in [3.05, 3.63) is 124 Å². The van der Waals surface area contributed by atoms with Crippen molar-refractivity contribution in [3.8, 4) is 11.5 Å². The van der Waals surface area contributed by atoms with Gasteiger partial charge in [0.2, 0.25) is 0 Å². The number of benzene rings is 5. The van der Waals surface area contributed by atoms with Crippen LogP contribution in [0.1, 0.15) is 20.7 Å². The van der Waals surface area contributed by atoms with E-state index < -0.39 is 16.6 Å². The molecule has 0 aliphatic heterocycles. The van der Waals surface area contributed by atoms with Crippen molar-refractivity contribution in [2.45, 2.75) is 0 Å². The first-order valence-electron chi connectivity index (χ1n) is 12.6. The lowest BCUT2D eigenvalue weighted by Gasteiger charge is -2.12. The summed E-state index contributed by atoms with van der Waals surface area (Å²) in [6.07, 6.45) is 0. The van der Waals surface area contributed by atoms with Gasteiger partial charge in [0.1, 0.15) is 11.4 Å². The maximum Gasteiger partial charge on any atom is 0.273 e. The zero-order chi connectivity index (χ0) is 29.6. The number of phenols is 1. The van der Waals surface area contributed by atoms with Gasteiger partial charge in [-0.15, -0.1) is 10.2 Å². The van der Waals surface area contributed by atoms with E-state index in [0.29, 0.717) is 27.7 Å². The van der Waals surface area contributed by atoms with Crippen LogP contribution in [-0.2, 0) is 0 Å². The van der Waals surface area contributed by atoms with Gasteiger partial charge in [0.05, 0.1) is 23.7 Å². The van der Waals surface area contributed by atoms with Gasteiger partial charge in [-0.3, -0.25) is 19.7 Å². The van der Waals surface area contributed by atoms with Crippen molar-refractivity contribution in [1.29, 1.82) is 0 Å². The van der Waals surface area contributed by atoms with E-state index in [2.05, 4.69) is 20.9 Å². The Balaban J connectivity index is 1.59. The molecular weight excluding hydrogens is 538 g/mol. The number of phenolic OH excluding ortho intramolecular Hbond substituents is 1. The van der Waals surface area contributed by atoms with Crippen molar-refractivity contribution in [1.82, 2.24) is 0 Å². The monoisotopic (exact) mass is 561 g/mol. The smallest absolute Gasteiger partial charge is 0.273 e. The third kappa shape index (κ3) is 5.89.